The van der Waals surface area contributed by atoms with E-state index in [1.54, 1.807) is 14.2 Å². The van der Waals surface area contributed by atoms with Gasteiger partial charge in [-0.05, 0) is 46.0 Å². The summed E-state index contributed by atoms with van der Waals surface area (Å²) in [4.78, 5) is 13.0. The fourth-order valence-electron chi connectivity index (χ4n) is 5.47. The number of carbonyl (C=O) groups excluding carboxylic acids is 1. The first-order chi connectivity index (χ1) is 16.6. The molecule has 2 N–H and O–H groups in total. The summed E-state index contributed by atoms with van der Waals surface area (Å²) < 4.78 is 29.7. The number of ether oxygens (including phenoxy) is 4. The lowest BCUT2D eigenvalue weighted by atomic mass is 9.68. The molecule has 7 atom stereocenters. The second kappa shape index (κ2) is 10.1. The van der Waals surface area contributed by atoms with Gasteiger partial charge in [-0.3, -0.25) is 0 Å². The van der Waals surface area contributed by atoms with E-state index in [2.05, 4.69) is 47.7 Å². The molecule has 1 spiro atoms. The van der Waals surface area contributed by atoms with Crippen molar-refractivity contribution in [3.8, 4) is 0 Å². The van der Waals surface area contributed by atoms with Crippen LogP contribution < -0.4 is 10.6 Å². The molecule has 1 aromatic rings. The number of hydrogen-bond acceptors (Lipinski definition) is 9. The molecule has 1 saturated carbocycles. The van der Waals surface area contributed by atoms with Crippen LogP contribution in [0.5, 0.6) is 0 Å². The van der Waals surface area contributed by atoms with Crippen molar-refractivity contribution < 1.29 is 28.2 Å². The molecule has 35 heavy (non-hydrogen) atoms. The van der Waals surface area contributed by atoms with E-state index < -0.39 is 12.2 Å². The highest BCUT2D eigenvalue weighted by Crippen LogP contribution is 2.59. The predicted molar refractivity (Wildman–Crippen MR) is 129 cm³/mol. The maximum absolute atomic E-state index is 13.0. The van der Waals surface area contributed by atoms with E-state index in [9.17, 15) is 4.79 Å². The quantitative estimate of drug-likeness (QED) is 0.373. The Hall–Kier alpha value is -2.17. The molecule has 3 fully saturated rings. The summed E-state index contributed by atoms with van der Waals surface area (Å²) >= 11 is 0. The van der Waals surface area contributed by atoms with Crippen LogP contribution in [-0.4, -0.2) is 72.6 Å². The van der Waals surface area contributed by atoms with Gasteiger partial charge in [0.05, 0.1) is 18.6 Å². The predicted octanol–water partition coefficient (Wildman–Crippen LogP) is 3.48. The highest BCUT2D eigenvalue weighted by molar-refractivity contribution is 5.68. The number of allylic oxidation sites excluding steroid dienone is 1. The number of rotatable bonds is 10. The topological polar surface area (TPSA) is 124 Å². The molecule has 0 radical (unpaired) electrons. The zero-order valence-electron chi connectivity index (χ0n) is 21.9. The zero-order valence-corrected chi connectivity index (χ0v) is 21.9. The van der Waals surface area contributed by atoms with Gasteiger partial charge in [0.2, 0.25) is 5.89 Å². The van der Waals surface area contributed by atoms with Crippen molar-refractivity contribution in [3.05, 3.63) is 17.5 Å². The van der Waals surface area contributed by atoms with E-state index in [4.69, 9.17) is 23.4 Å². The van der Waals surface area contributed by atoms with E-state index in [-0.39, 0.29) is 41.3 Å². The molecule has 196 valence electrons. The fraction of sp³-hybridized carbons (Fsp3) is 0.800. The van der Waals surface area contributed by atoms with Gasteiger partial charge >= 0.3 is 12.1 Å². The number of anilines is 1. The second-order valence-electron chi connectivity index (χ2n) is 10.8. The Morgan fingerprint density at radius 2 is 2.06 bits per heavy atom. The molecule has 0 aromatic carbocycles. The molecule has 1 aromatic heterocycles. The van der Waals surface area contributed by atoms with Gasteiger partial charge in [-0.2, -0.15) is 0 Å². The molecule has 10 heteroatoms. The van der Waals surface area contributed by atoms with Crippen LogP contribution in [0.15, 0.2) is 16.1 Å². The van der Waals surface area contributed by atoms with Gasteiger partial charge in [0.1, 0.15) is 23.4 Å². The van der Waals surface area contributed by atoms with Crippen molar-refractivity contribution >= 4 is 12.1 Å². The second-order valence-corrected chi connectivity index (χ2v) is 10.8. The van der Waals surface area contributed by atoms with E-state index >= 15 is 0 Å². The molecule has 0 bridgehead atoms. The van der Waals surface area contributed by atoms with Crippen LogP contribution in [0, 0.1) is 11.8 Å². The molecule has 1 amide bonds. The van der Waals surface area contributed by atoms with E-state index in [1.807, 2.05) is 13.8 Å². The Balaban J connectivity index is 1.41. The lowest BCUT2D eigenvalue weighted by Crippen LogP contribution is -2.56. The molecule has 10 nitrogen and oxygen atoms in total. The van der Waals surface area contributed by atoms with Crippen LogP contribution >= 0.6 is 0 Å². The van der Waals surface area contributed by atoms with Crippen LogP contribution in [0.4, 0.5) is 10.8 Å². The Kier molecular flexibility index (Phi) is 7.45. The number of amides is 1. The molecule has 2 aliphatic heterocycles. The van der Waals surface area contributed by atoms with Crippen LogP contribution in [-0.2, 0) is 25.4 Å². The normalized spacial score (nSPS) is 34.4. The van der Waals surface area contributed by atoms with Crippen LogP contribution in [0.25, 0.3) is 0 Å². The highest BCUT2D eigenvalue weighted by atomic mass is 16.6. The largest absolute Gasteiger partial charge is 0.443 e. The first kappa shape index (κ1) is 25.9. The lowest BCUT2D eigenvalue weighted by Gasteiger charge is -2.42. The summed E-state index contributed by atoms with van der Waals surface area (Å²) in [5.41, 5.74) is 0.646. The Bertz CT molecular complexity index is 925. The number of carbonyl (C=O) groups is 1. The van der Waals surface area contributed by atoms with Gasteiger partial charge < -0.3 is 34.0 Å². The number of aromatic nitrogens is 2. The minimum atomic E-state index is -0.474. The molecule has 3 aliphatic rings. The third-order valence-electron chi connectivity index (χ3n) is 7.68. The third kappa shape index (κ3) is 5.49. The average molecular weight is 493 g/mol. The molecule has 3 heterocycles. The monoisotopic (exact) mass is 492 g/mol. The average Bonchev–Trinajstić information content (AvgIpc) is 3.67. The number of nitrogens with zero attached hydrogens (tertiary/aromatic N) is 2. The van der Waals surface area contributed by atoms with Crippen molar-refractivity contribution in [2.75, 3.05) is 26.1 Å². The van der Waals surface area contributed by atoms with Crippen LogP contribution in [0.2, 0.25) is 0 Å². The number of hydrogen-bond donors (Lipinski definition) is 2. The standard InChI is InChI=1S/C25H40N4O6/c1-14(2)8-9-18-24(5,35-18)21-20(31-7)17(10-11-25(21)13-32-25)33-23(30)27-16(15(3)4)12-19-28-29-22(26-6)34-19/h8,15-18,20-21H,9-13H2,1-7H3,(H,26,29)(H,27,30)/t16-,17-,18-,20-,21-,24+,25+/m1/s1. The minimum Gasteiger partial charge on any atom is -0.443 e. The molecule has 1 aliphatic carbocycles. The smallest absolute Gasteiger partial charge is 0.407 e. The summed E-state index contributed by atoms with van der Waals surface area (Å²) in [5.74, 6) is 0.582. The van der Waals surface area contributed by atoms with E-state index in [0.29, 0.717) is 31.4 Å². The van der Waals surface area contributed by atoms with Gasteiger partial charge in [0.15, 0.2) is 0 Å². The minimum absolute atomic E-state index is 0.0126. The summed E-state index contributed by atoms with van der Waals surface area (Å²) in [7, 11) is 3.39. The van der Waals surface area contributed by atoms with Gasteiger partial charge in [-0.1, -0.05) is 30.6 Å². The number of epoxide rings is 2. The van der Waals surface area contributed by atoms with Crippen molar-refractivity contribution in [3.63, 3.8) is 0 Å². The Morgan fingerprint density at radius 3 is 2.63 bits per heavy atom. The Morgan fingerprint density at radius 1 is 1.31 bits per heavy atom. The first-order valence-corrected chi connectivity index (χ1v) is 12.6. The summed E-state index contributed by atoms with van der Waals surface area (Å²) in [6, 6.07) is 0.125. The van der Waals surface area contributed by atoms with Gasteiger partial charge in [0.25, 0.3) is 0 Å². The van der Waals surface area contributed by atoms with Crippen molar-refractivity contribution in [2.24, 2.45) is 11.8 Å². The summed E-state index contributed by atoms with van der Waals surface area (Å²) in [5, 5.41) is 13.8. The van der Waals surface area contributed by atoms with Gasteiger partial charge in [0, 0.05) is 26.6 Å². The highest BCUT2D eigenvalue weighted by Gasteiger charge is 2.72. The zero-order chi connectivity index (χ0) is 25.4. The van der Waals surface area contributed by atoms with E-state index in [0.717, 1.165) is 12.8 Å². The maximum Gasteiger partial charge on any atom is 0.407 e. The fourth-order valence-corrected chi connectivity index (χ4v) is 5.47. The SMILES string of the molecule is CNc1nnc(C[C@@H](NC(=O)O[C@@H]2CC[C@]3(CO3)[C@@H]([C@@]3(C)O[C@@H]3CC=C(C)C)[C@@H]2OC)C(C)C)o1. The number of nitrogens with one attached hydrogen (secondary N) is 2. The molecule has 0 unspecified atom stereocenters. The third-order valence-corrected chi connectivity index (χ3v) is 7.68. The summed E-state index contributed by atoms with van der Waals surface area (Å²) in [6.07, 6.45) is 3.89. The van der Waals surface area contributed by atoms with Crippen molar-refractivity contribution in [2.45, 2.75) is 95.9 Å². The van der Waals surface area contributed by atoms with Crippen LogP contribution in [0.3, 0.4) is 0 Å². The van der Waals surface area contributed by atoms with Gasteiger partial charge in [-0.25, -0.2) is 4.79 Å². The molecular weight excluding hydrogens is 452 g/mol. The first-order valence-electron chi connectivity index (χ1n) is 12.6. The van der Waals surface area contributed by atoms with Gasteiger partial charge in [-0.15, -0.1) is 5.10 Å². The number of alkyl carbamates (subject to hydrolysis) is 1. The molecule has 2 saturated heterocycles. The van der Waals surface area contributed by atoms with E-state index in [1.165, 1.54) is 5.57 Å². The maximum atomic E-state index is 13.0. The lowest BCUT2D eigenvalue weighted by molar-refractivity contribution is -0.118. The van der Waals surface area contributed by atoms with Crippen molar-refractivity contribution in [1.29, 1.82) is 0 Å². The molecule has 4 rings (SSSR count). The Labute approximate surface area is 207 Å². The summed E-state index contributed by atoms with van der Waals surface area (Å²) in [6.45, 7) is 11.1. The van der Waals surface area contributed by atoms with Crippen molar-refractivity contribution in [1.82, 2.24) is 15.5 Å². The van der Waals surface area contributed by atoms with Crippen LogP contribution in [0.1, 0.15) is 59.8 Å². The molecular formula is C25H40N4O6. The number of methoxy groups -OCH3 is 1.